The molecule has 0 spiro atoms. The van der Waals surface area contributed by atoms with Crippen LogP contribution in [0.15, 0.2) is 33.6 Å². The van der Waals surface area contributed by atoms with Gasteiger partial charge in [0, 0.05) is 22.0 Å². The Morgan fingerprint density at radius 2 is 2.00 bits per heavy atom. The molecule has 1 aromatic rings. The van der Waals surface area contributed by atoms with Gasteiger partial charge in [0.1, 0.15) is 0 Å². The number of hydrogen-bond acceptors (Lipinski definition) is 3. The molecule has 0 aromatic heterocycles. The molecular weight excluding hydrogens is 366 g/mol. The molecule has 22 heavy (non-hydrogen) atoms. The van der Waals surface area contributed by atoms with Crippen molar-refractivity contribution in [1.29, 1.82) is 0 Å². The molecule has 1 fully saturated rings. The molecule has 1 atom stereocenters. The lowest BCUT2D eigenvalue weighted by Gasteiger charge is -2.32. The Bertz CT molecular complexity index is 559. The molecule has 1 unspecified atom stereocenters. The van der Waals surface area contributed by atoms with Crippen LogP contribution in [0.2, 0.25) is 0 Å². The fourth-order valence-electron chi connectivity index (χ4n) is 2.70. The summed E-state index contributed by atoms with van der Waals surface area (Å²) >= 11 is 4.91. The number of amides is 1. The second-order valence-corrected chi connectivity index (χ2v) is 8.57. The second kappa shape index (κ2) is 7.04. The number of benzene rings is 1. The van der Waals surface area contributed by atoms with Crippen LogP contribution in [0, 0.1) is 0 Å². The van der Waals surface area contributed by atoms with Crippen molar-refractivity contribution in [2.75, 3.05) is 6.54 Å². The molecular formula is C16H20BrNO3S. The number of carbonyl (C=O) groups is 2. The molecule has 0 radical (unpaired) electrons. The lowest BCUT2D eigenvalue weighted by atomic mass is 10.1. The zero-order chi connectivity index (χ0) is 16.3. The Hall–Kier alpha value is -1.01. The van der Waals surface area contributed by atoms with E-state index < -0.39 is 10.7 Å². The van der Waals surface area contributed by atoms with E-state index in [2.05, 4.69) is 15.9 Å². The van der Waals surface area contributed by atoms with E-state index in [-0.39, 0.29) is 18.4 Å². The molecule has 1 aliphatic heterocycles. The zero-order valence-corrected chi connectivity index (χ0v) is 15.1. The van der Waals surface area contributed by atoms with Gasteiger partial charge in [-0.25, -0.2) is 0 Å². The molecule has 6 heteroatoms. The van der Waals surface area contributed by atoms with Gasteiger partial charge < -0.3 is 10.0 Å². The smallest absolute Gasteiger partial charge is 0.305 e. The summed E-state index contributed by atoms with van der Waals surface area (Å²) in [6, 6.07) is 7.68. The average molecular weight is 386 g/mol. The summed E-state index contributed by atoms with van der Waals surface area (Å²) in [6.45, 7) is 4.46. The number of hydrogen-bond donors (Lipinski definition) is 1. The van der Waals surface area contributed by atoms with Gasteiger partial charge in [-0.2, -0.15) is 0 Å². The van der Waals surface area contributed by atoms with Crippen molar-refractivity contribution in [2.24, 2.45) is 0 Å². The lowest BCUT2D eigenvalue weighted by Crippen LogP contribution is -2.46. The summed E-state index contributed by atoms with van der Waals surface area (Å²) in [5, 5.41) is 8.99. The topological polar surface area (TPSA) is 57.6 Å². The van der Waals surface area contributed by atoms with E-state index in [4.69, 9.17) is 5.11 Å². The lowest BCUT2D eigenvalue weighted by molar-refractivity contribution is -0.140. The largest absolute Gasteiger partial charge is 0.481 e. The minimum Gasteiger partial charge on any atom is -0.481 e. The van der Waals surface area contributed by atoms with E-state index >= 15 is 0 Å². The number of rotatable bonds is 5. The summed E-state index contributed by atoms with van der Waals surface area (Å²) in [4.78, 5) is 26.6. The normalized spacial score (nSPS) is 18.5. The van der Waals surface area contributed by atoms with Crippen molar-refractivity contribution in [3.8, 4) is 0 Å². The number of carbonyl (C=O) groups excluding carboxylic acids is 1. The highest BCUT2D eigenvalue weighted by molar-refractivity contribution is 9.10. The van der Waals surface area contributed by atoms with Crippen molar-refractivity contribution < 1.29 is 14.7 Å². The predicted octanol–water partition coefficient (Wildman–Crippen LogP) is 3.79. The second-order valence-electron chi connectivity index (χ2n) is 5.96. The van der Waals surface area contributed by atoms with Crippen LogP contribution >= 0.6 is 27.7 Å². The molecule has 0 saturated carbocycles. The SMILES string of the molecule is CC(C)(Sc1ccc(Br)cc1)C(=O)N1CCCC1CC(=O)O. The van der Waals surface area contributed by atoms with Crippen LogP contribution in [0.25, 0.3) is 0 Å². The van der Waals surface area contributed by atoms with Crippen LogP contribution in [0.5, 0.6) is 0 Å². The standard InChI is InChI=1S/C16H20BrNO3S/c1-16(2,22-13-7-5-11(17)6-8-13)15(21)18-9-3-4-12(18)10-14(19)20/h5-8,12H,3-4,9-10H2,1-2H3,(H,19,20). The van der Waals surface area contributed by atoms with Gasteiger partial charge in [0.15, 0.2) is 0 Å². The van der Waals surface area contributed by atoms with Crippen molar-refractivity contribution in [2.45, 2.75) is 48.8 Å². The molecule has 0 aliphatic carbocycles. The molecule has 2 rings (SSSR count). The third-order valence-electron chi connectivity index (χ3n) is 3.75. The van der Waals surface area contributed by atoms with E-state index in [1.807, 2.05) is 38.1 Å². The van der Waals surface area contributed by atoms with Crippen LogP contribution in [-0.4, -0.2) is 39.2 Å². The number of likely N-dealkylation sites (tertiary alicyclic amines) is 1. The Kier molecular flexibility index (Phi) is 5.55. The maximum atomic E-state index is 12.8. The van der Waals surface area contributed by atoms with E-state index in [0.717, 1.165) is 22.2 Å². The minimum absolute atomic E-state index is 0.0177. The quantitative estimate of drug-likeness (QED) is 0.783. The van der Waals surface area contributed by atoms with E-state index in [9.17, 15) is 9.59 Å². The molecule has 1 aromatic carbocycles. The highest BCUT2D eigenvalue weighted by Crippen LogP contribution is 2.36. The van der Waals surface area contributed by atoms with E-state index in [1.54, 1.807) is 4.90 Å². The van der Waals surface area contributed by atoms with Gasteiger partial charge >= 0.3 is 5.97 Å². The number of carboxylic acids is 1. The summed E-state index contributed by atoms with van der Waals surface area (Å²) < 4.78 is 0.386. The molecule has 1 saturated heterocycles. The zero-order valence-electron chi connectivity index (χ0n) is 12.7. The highest BCUT2D eigenvalue weighted by atomic mass is 79.9. The summed E-state index contributed by atoms with van der Waals surface area (Å²) in [6.07, 6.45) is 1.69. The van der Waals surface area contributed by atoms with Gasteiger partial charge in [-0.3, -0.25) is 9.59 Å². The Balaban J connectivity index is 2.08. The highest BCUT2D eigenvalue weighted by Gasteiger charge is 2.39. The van der Waals surface area contributed by atoms with Gasteiger partial charge in [-0.05, 0) is 51.0 Å². The van der Waals surface area contributed by atoms with Crippen LogP contribution in [0.3, 0.4) is 0 Å². The third kappa shape index (κ3) is 4.26. The fourth-order valence-corrected chi connectivity index (χ4v) is 4.03. The maximum Gasteiger partial charge on any atom is 0.305 e. The minimum atomic E-state index is -0.844. The van der Waals surface area contributed by atoms with Crippen molar-refractivity contribution in [1.82, 2.24) is 4.90 Å². The first kappa shape index (κ1) is 17.3. The molecule has 120 valence electrons. The number of halogens is 1. The third-order valence-corrected chi connectivity index (χ3v) is 5.47. The Morgan fingerprint density at radius 1 is 1.36 bits per heavy atom. The number of aliphatic carboxylic acids is 1. The molecule has 1 heterocycles. The molecule has 0 bridgehead atoms. The monoisotopic (exact) mass is 385 g/mol. The maximum absolute atomic E-state index is 12.8. The number of carboxylic acid groups (broad SMARTS) is 1. The van der Waals surface area contributed by atoms with Crippen LogP contribution in [0.1, 0.15) is 33.1 Å². The van der Waals surface area contributed by atoms with Crippen molar-refractivity contribution in [3.63, 3.8) is 0 Å². The fraction of sp³-hybridized carbons (Fsp3) is 0.500. The predicted molar refractivity (Wildman–Crippen MR) is 91.1 cm³/mol. The Morgan fingerprint density at radius 3 is 2.59 bits per heavy atom. The summed E-state index contributed by atoms with van der Waals surface area (Å²) in [5.74, 6) is -0.827. The van der Waals surface area contributed by atoms with Gasteiger partial charge in [-0.1, -0.05) is 15.9 Å². The van der Waals surface area contributed by atoms with Crippen molar-refractivity contribution in [3.05, 3.63) is 28.7 Å². The van der Waals surface area contributed by atoms with Crippen LogP contribution in [-0.2, 0) is 9.59 Å². The van der Waals surface area contributed by atoms with E-state index in [0.29, 0.717) is 6.54 Å². The first-order chi connectivity index (χ1) is 10.3. The molecule has 4 nitrogen and oxygen atoms in total. The molecule has 1 amide bonds. The molecule has 1 aliphatic rings. The van der Waals surface area contributed by atoms with E-state index in [1.165, 1.54) is 11.8 Å². The summed E-state index contributed by atoms with van der Waals surface area (Å²) in [5.41, 5.74) is 0. The van der Waals surface area contributed by atoms with Gasteiger partial charge in [-0.15, -0.1) is 11.8 Å². The first-order valence-electron chi connectivity index (χ1n) is 7.27. The van der Waals surface area contributed by atoms with Crippen molar-refractivity contribution >= 4 is 39.6 Å². The van der Waals surface area contributed by atoms with Gasteiger partial charge in [0.2, 0.25) is 5.91 Å². The average Bonchev–Trinajstić information content (AvgIpc) is 2.87. The molecule has 1 N–H and O–H groups in total. The number of nitrogens with zero attached hydrogens (tertiary/aromatic N) is 1. The summed E-state index contributed by atoms with van der Waals surface area (Å²) in [7, 11) is 0. The number of thioether (sulfide) groups is 1. The Labute approximate surface area is 143 Å². The van der Waals surface area contributed by atoms with Crippen LogP contribution < -0.4 is 0 Å². The van der Waals surface area contributed by atoms with Gasteiger partial charge in [0.25, 0.3) is 0 Å². The van der Waals surface area contributed by atoms with Crippen LogP contribution in [0.4, 0.5) is 0 Å². The van der Waals surface area contributed by atoms with Gasteiger partial charge in [0.05, 0.1) is 11.2 Å². The first-order valence-corrected chi connectivity index (χ1v) is 8.88.